The first-order valence-corrected chi connectivity index (χ1v) is 8.30. The molecule has 0 amide bonds. The van der Waals surface area contributed by atoms with Gasteiger partial charge in [0, 0.05) is 32.2 Å². The molecule has 3 nitrogen and oxygen atoms in total. The van der Waals surface area contributed by atoms with Crippen molar-refractivity contribution in [2.24, 2.45) is 5.92 Å². The molecule has 21 heavy (non-hydrogen) atoms. The minimum Gasteiger partial charge on any atom is -0.395 e. The third-order valence-electron chi connectivity index (χ3n) is 4.46. The SMILES string of the molecule is CC(C)N(CCO)CC1CCCN(Cc2ccccc2)C1. The van der Waals surface area contributed by atoms with Crippen LogP contribution in [0.2, 0.25) is 0 Å². The monoisotopic (exact) mass is 290 g/mol. The van der Waals surface area contributed by atoms with Crippen molar-refractivity contribution in [3.63, 3.8) is 0 Å². The number of hydrogen-bond acceptors (Lipinski definition) is 3. The van der Waals surface area contributed by atoms with E-state index in [1.165, 1.54) is 31.5 Å². The summed E-state index contributed by atoms with van der Waals surface area (Å²) in [4.78, 5) is 5.00. The fourth-order valence-corrected chi connectivity index (χ4v) is 3.31. The Bertz CT molecular complexity index is 393. The van der Waals surface area contributed by atoms with Crippen LogP contribution >= 0.6 is 0 Å². The number of hydrogen-bond donors (Lipinski definition) is 1. The summed E-state index contributed by atoms with van der Waals surface area (Å²) in [5.74, 6) is 0.733. The molecule has 0 aromatic heterocycles. The van der Waals surface area contributed by atoms with Crippen molar-refractivity contribution in [3.8, 4) is 0 Å². The molecule has 1 N–H and O–H groups in total. The van der Waals surface area contributed by atoms with Crippen LogP contribution in [0.25, 0.3) is 0 Å². The summed E-state index contributed by atoms with van der Waals surface area (Å²) in [5, 5.41) is 9.21. The van der Waals surface area contributed by atoms with Gasteiger partial charge in [0.2, 0.25) is 0 Å². The van der Waals surface area contributed by atoms with E-state index in [1.54, 1.807) is 0 Å². The lowest BCUT2D eigenvalue weighted by Crippen LogP contribution is -2.43. The van der Waals surface area contributed by atoms with Crippen LogP contribution in [-0.4, -0.2) is 53.7 Å². The Hall–Kier alpha value is -0.900. The molecule has 0 spiro atoms. The van der Waals surface area contributed by atoms with Crippen molar-refractivity contribution in [1.82, 2.24) is 9.80 Å². The highest BCUT2D eigenvalue weighted by Gasteiger charge is 2.22. The third kappa shape index (κ3) is 5.42. The maximum absolute atomic E-state index is 9.21. The number of aliphatic hydroxyl groups is 1. The first-order valence-electron chi connectivity index (χ1n) is 8.30. The van der Waals surface area contributed by atoms with Gasteiger partial charge < -0.3 is 5.11 Å². The van der Waals surface area contributed by atoms with Crippen molar-refractivity contribution in [3.05, 3.63) is 35.9 Å². The fraction of sp³-hybridized carbons (Fsp3) is 0.667. The van der Waals surface area contributed by atoms with Crippen molar-refractivity contribution in [2.45, 2.75) is 39.3 Å². The molecule has 1 saturated heterocycles. The van der Waals surface area contributed by atoms with Crippen LogP contribution < -0.4 is 0 Å². The third-order valence-corrected chi connectivity index (χ3v) is 4.46. The van der Waals surface area contributed by atoms with Gasteiger partial charge in [0.05, 0.1) is 6.61 Å². The fourth-order valence-electron chi connectivity index (χ4n) is 3.31. The van der Waals surface area contributed by atoms with E-state index in [1.807, 2.05) is 0 Å². The summed E-state index contributed by atoms with van der Waals surface area (Å²) in [7, 11) is 0. The van der Waals surface area contributed by atoms with Crippen LogP contribution in [0.1, 0.15) is 32.3 Å². The van der Waals surface area contributed by atoms with Gasteiger partial charge in [-0.15, -0.1) is 0 Å². The number of piperidine rings is 1. The number of rotatable bonds is 7. The maximum Gasteiger partial charge on any atom is 0.0558 e. The molecule has 1 unspecified atom stereocenters. The molecular weight excluding hydrogens is 260 g/mol. The number of aliphatic hydroxyl groups excluding tert-OH is 1. The normalized spacial score (nSPS) is 20.3. The van der Waals surface area contributed by atoms with Crippen molar-refractivity contribution >= 4 is 0 Å². The van der Waals surface area contributed by atoms with Gasteiger partial charge in [0.25, 0.3) is 0 Å². The van der Waals surface area contributed by atoms with Crippen LogP contribution in [0.5, 0.6) is 0 Å². The molecule has 118 valence electrons. The second-order valence-corrected chi connectivity index (χ2v) is 6.54. The largest absolute Gasteiger partial charge is 0.395 e. The zero-order valence-electron chi connectivity index (χ0n) is 13.5. The zero-order valence-corrected chi connectivity index (χ0v) is 13.5. The summed E-state index contributed by atoms with van der Waals surface area (Å²) in [5.41, 5.74) is 1.41. The molecule has 1 aliphatic heterocycles. The highest BCUT2D eigenvalue weighted by Crippen LogP contribution is 2.20. The summed E-state index contributed by atoms with van der Waals surface area (Å²) in [6, 6.07) is 11.3. The molecule has 1 heterocycles. The molecule has 0 bridgehead atoms. The van der Waals surface area contributed by atoms with Crippen LogP contribution in [0, 0.1) is 5.92 Å². The van der Waals surface area contributed by atoms with E-state index in [0.29, 0.717) is 6.04 Å². The van der Waals surface area contributed by atoms with Gasteiger partial charge in [-0.1, -0.05) is 30.3 Å². The Morgan fingerprint density at radius 1 is 1.29 bits per heavy atom. The van der Waals surface area contributed by atoms with E-state index in [4.69, 9.17) is 0 Å². The average Bonchev–Trinajstić information content (AvgIpc) is 2.48. The molecule has 1 atom stereocenters. The van der Waals surface area contributed by atoms with Gasteiger partial charge >= 0.3 is 0 Å². The van der Waals surface area contributed by atoms with Gasteiger partial charge in [-0.2, -0.15) is 0 Å². The first-order chi connectivity index (χ1) is 10.2. The Kier molecular flexibility index (Phi) is 6.68. The van der Waals surface area contributed by atoms with E-state index >= 15 is 0 Å². The van der Waals surface area contributed by atoms with Crippen LogP contribution in [0.4, 0.5) is 0 Å². The van der Waals surface area contributed by atoms with Crippen LogP contribution in [0.3, 0.4) is 0 Å². The lowest BCUT2D eigenvalue weighted by Gasteiger charge is -2.37. The highest BCUT2D eigenvalue weighted by atomic mass is 16.3. The molecule has 2 rings (SSSR count). The Labute approximate surface area is 129 Å². The molecule has 1 aliphatic rings. The zero-order chi connectivity index (χ0) is 15.1. The maximum atomic E-state index is 9.21. The van der Waals surface area contributed by atoms with E-state index in [2.05, 4.69) is 54.0 Å². The van der Waals surface area contributed by atoms with E-state index in [9.17, 15) is 5.11 Å². The molecule has 1 fully saturated rings. The Balaban J connectivity index is 1.85. The molecular formula is C18H30N2O. The van der Waals surface area contributed by atoms with Crippen LogP contribution in [0.15, 0.2) is 30.3 Å². The van der Waals surface area contributed by atoms with Gasteiger partial charge in [-0.05, 0) is 44.7 Å². The lowest BCUT2D eigenvalue weighted by atomic mass is 9.96. The number of benzene rings is 1. The molecule has 1 aromatic rings. The first kappa shape index (κ1) is 16.5. The quantitative estimate of drug-likeness (QED) is 0.836. The summed E-state index contributed by atoms with van der Waals surface area (Å²) in [6.45, 7) is 10.1. The number of likely N-dealkylation sites (tertiary alicyclic amines) is 1. The average molecular weight is 290 g/mol. The predicted molar refractivity (Wildman–Crippen MR) is 88.2 cm³/mol. The van der Waals surface area contributed by atoms with Gasteiger partial charge in [0.1, 0.15) is 0 Å². The minimum absolute atomic E-state index is 0.263. The second-order valence-electron chi connectivity index (χ2n) is 6.54. The molecule has 0 radical (unpaired) electrons. The van der Waals surface area contributed by atoms with Crippen molar-refractivity contribution in [1.29, 1.82) is 0 Å². The summed E-state index contributed by atoms with van der Waals surface area (Å²) < 4.78 is 0. The molecule has 0 aliphatic carbocycles. The van der Waals surface area contributed by atoms with Crippen molar-refractivity contribution < 1.29 is 5.11 Å². The molecule has 1 aromatic carbocycles. The summed E-state index contributed by atoms with van der Waals surface area (Å²) >= 11 is 0. The predicted octanol–water partition coefficient (Wildman–Crippen LogP) is 2.60. The van der Waals surface area contributed by atoms with Gasteiger partial charge in [-0.25, -0.2) is 0 Å². The highest BCUT2D eigenvalue weighted by molar-refractivity contribution is 5.14. The van der Waals surface area contributed by atoms with Crippen LogP contribution in [-0.2, 0) is 6.54 Å². The van der Waals surface area contributed by atoms with E-state index in [0.717, 1.165) is 25.6 Å². The van der Waals surface area contributed by atoms with Gasteiger partial charge in [0.15, 0.2) is 0 Å². The Morgan fingerprint density at radius 3 is 2.71 bits per heavy atom. The standard InChI is InChI=1S/C18H30N2O/c1-16(2)20(11-12-21)15-18-9-6-10-19(14-18)13-17-7-4-3-5-8-17/h3-5,7-8,16,18,21H,6,9-15H2,1-2H3. The van der Waals surface area contributed by atoms with Crippen molar-refractivity contribution in [2.75, 3.05) is 32.8 Å². The molecule has 0 saturated carbocycles. The van der Waals surface area contributed by atoms with Gasteiger partial charge in [-0.3, -0.25) is 9.80 Å². The lowest BCUT2D eigenvalue weighted by molar-refractivity contribution is 0.0991. The minimum atomic E-state index is 0.263. The number of nitrogens with zero attached hydrogens (tertiary/aromatic N) is 2. The topological polar surface area (TPSA) is 26.7 Å². The van der Waals surface area contributed by atoms with E-state index < -0.39 is 0 Å². The second kappa shape index (κ2) is 8.52. The van der Waals surface area contributed by atoms with E-state index in [-0.39, 0.29) is 6.61 Å². The molecule has 3 heteroatoms. The summed E-state index contributed by atoms with van der Waals surface area (Å²) in [6.07, 6.45) is 2.61. The Morgan fingerprint density at radius 2 is 2.05 bits per heavy atom. The smallest absolute Gasteiger partial charge is 0.0558 e.